The van der Waals surface area contributed by atoms with Crippen molar-refractivity contribution in [3.8, 4) is 11.8 Å². The van der Waals surface area contributed by atoms with E-state index in [0.29, 0.717) is 0 Å². The third-order valence-corrected chi connectivity index (χ3v) is 2.92. The number of nitrogens with zero attached hydrogens (tertiary/aromatic N) is 1. The molecule has 19 heavy (non-hydrogen) atoms. The van der Waals surface area contributed by atoms with E-state index in [9.17, 15) is 0 Å². The number of benzene rings is 1. The normalized spacial score (nSPS) is 11.1. The van der Waals surface area contributed by atoms with E-state index >= 15 is 0 Å². The smallest absolute Gasteiger partial charge is 0.174 e. The largest absolute Gasteiger partial charge is 0.479 e. The van der Waals surface area contributed by atoms with Crippen molar-refractivity contribution in [3.63, 3.8) is 0 Å². The van der Waals surface area contributed by atoms with Crippen molar-refractivity contribution < 1.29 is 9.84 Å². The molecule has 0 radical (unpaired) electrons. The molecule has 0 aromatic heterocycles. The molecule has 1 aromatic rings. The summed E-state index contributed by atoms with van der Waals surface area (Å²) < 4.78 is 5.26. The summed E-state index contributed by atoms with van der Waals surface area (Å²) >= 11 is 0. The molecule has 0 aliphatic rings. The van der Waals surface area contributed by atoms with Gasteiger partial charge in [-0.1, -0.05) is 26.0 Å². The Morgan fingerprint density at radius 3 is 2.89 bits per heavy atom. The monoisotopic (exact) mass is 262 g/mol. The highest BCUT2D eigenvalue weighted by atomic mass is 16.5. The second-order valence-electron chi connectivity index (χ2n) is 5.34. The first kappa shape index (κ1) is 15.5. The van der Waals surface area contributed by atoms with Crippen LogP contribution in [0.5, 0.6) is 5.75 Å². The third-order valence-electron chi connectivity index (χ3n) is 2.92. The Kier molecular flexibility index (Phi) is 6.34. The van der Waals surface area contributed by atoms with Gasteiger partial charge in [0.1, 0.15) is 11.8 Å². The minimum Gasteiger partial charge on any atom is -0.479 e. The molecule has 4 nitrogen and oxygen atoms in total. The summed E-state index contributed by atoms with van der Waals surface area (Å²) in [5.74, 6) is 0.718. The molecule has 0 atom stereocenters. The molecule has 0 heterocycles. The number of ether oxygens (including phenoxy) is 1. The van der Waals surface area contributed by atoms with E-state index < -0.39 is 0 Å². The fraction of sp³-hybridized carbons (Fsp3) is 0.533. The molecular formula is C15H22N2O2. The number of aliphatic hydroxyl groups excluding tert-OH is 1. The quantitative estimate of drug-likeness (QED) is 0.753. The molecule has 0 bridgehead atoms. The van der Waals surface area contributed by atoms with Gasteiger partial charge in [0.15, 0.2) is 6.61 Å². The first-order valence-corrected chi connectivity index (χ1v) is 6.48. The van der Waals surface area contributed by atoms with Crippen LogP contribution >= 0.6 is 0 Å². The minimum absolute atomic E-state index is 0.0699. The van der Waals surface area contributed by atoms with Gasteiger partial charge in [-0.3, -0.25) is 0 Å². The van der Waals surface area contributed by atoms with E-state index in [4.69, 9.17) is 15.1 Å². The lowest BCUT2D eigenvalue weighted by molar-refractivity contribution is 0.207. The molecule has 4 heteroatoms. The number of nitriles is 1. The molecule has 0 unspecified atom stereocenters. The second-order valence-corrected chi connectivity index (χ2v) is 5.34. The van der Waals surface area contributed by atoms with E-state index in [2.05, 4.69) is 19.2 Å². The summed E-state index contributed by atoms with van der Waals surface area (Å²) in [5, 5.41) is 20.8. The zero-order chi connectivity index (χ0) is 14.1. The standard InChI is InChI=1S/C15H22N2O2/c1-15(2,6-8-18)12-17-11-13-4-3-5-14(10-13)19-9-7-16/h3-5,10,17-18H,6,8-9,11-12H2,1-2H3. The minimum atomic E-state index is 0.0699. The molecule has 2 N–H and O–H groups in total. The van der Waals surface area contributed by atoms with Crippen molar-refractivity contribution >= 4 is 0 Å². The topological polar surface area (TPSA) is 65.3 Å². The van der Waals surface area contributed by atoms with Crippen LogP contribution in [0.15, 0.2) is 24.3 Å². The molecule has 0 amide bonds. The Morgan fingerprint density at radius 1 is 1.42 bits per heavy atom. The number of hydrogen-bond acceptors (Lipinski definition) is 4. The summed E-state index contributed by atoms with van der Waals surface area (Å²) in [6.07, 6.45) is 0.783. The molecule has 0 aliphatic carbocycles. The molecule has 104 valence electrons. The van der Waals surface area contributed by atoms with Gasteiger partial charge in [-0.05, 0) is 29.5 Å². The maximum Gasteiger partial charge on any atom is 0.174 e. The van der Waals surface area contributed by atoms with Crippen LogP contribution in [0.2, 0.25) is 0 Å². The summed E-state index contributed by atoms with van der Waals surface area (Å²) in [4.78, 5) is 0. The average molecular weight is 262 g/mol. The number of rotatable bonds is 8. The van der Waals surface area contributed by atoms with Gasteiger partial charge in [-0.25, -0.2) is 0 Å². The summed E-state index contributed by atoms with van der Waals surface area (Å²) in [7, 11) is 0. The van der Waals surface area contributed by atoms with Crippen molar-refractivity contribution in [3.05, 3.63) is 29.8 Å². The molecule has 0 saturated heterocycles. The Labute approximate surface area is 115 Å². The zero-order valence-electron chi connectivity index (χ0n) is 11.6. The van der Waals surface area contributed by atoms with E-state index in [1.165, 1.54) is 0 Å². The fourth-order valence-electron chi connectivity index (χ4n) is 1.80. The van der Waals surface area contributed by atoms with Crippen LogP contribution < -0.4 is 10.1 Å². The first-order valence-electron chi connectivity index (χ1n) is 6.48. The predicted molar refractivity (Wildman–Crippen MR) is 74.7 cm³/mol. The summed E-state index contributed by atoms with van der Waals surface area (Å²) in [6, 6.07) is 9.67. The van der Waals surface area contributed by atoms with Crippen LogP contribution in [0.3, 0.4) is 0 Å². The van der Waals surface area contributed by atoms with Crippen molar-refractivity contribution in [2.75, 3.05) is 19.8 Å². The van der Waals surface area contributed by atoms with Crippen molar-refractivity contribution in [2.24, 2.45) is 5.41 Å². The van der Waals surface area contributed by atoms with Crippen LogP contribution in [-0.2, 0) is 6.54 Å². The Morgan fingerprint density at radius 2 is 2.21 bits per heavy atom. The van der Waals surface area contributed by atoms with E-state index in [1.807, 2.05) is 30.3 Å². The van der Waals surface area contributed by atoms with Crippen LogP contribution in [0.25, 0.3) is 0 Å². The van der Waals surface area contributed by atoms with E-state index in [-0.39, 0.29) is 18.6 Å². The fourth-order valence-corrected chi connectivity index (χ4v) is 1.80. The SMILES string of the molecule is CC(C)(CCO)CNCc1cccc(OCC#N)c1. The van der Waals surface area contributed by atoms with Gasteiger partial charge in [-0.2, -0.15) is 5.26 Å². The molecule has 0 fully saturated rings. The third kappa shape index (κ3) is 6.23. The lowest BCUT2D eigenvalue weighted by atomic mass is 9.90. The molecule has 0 spiro atoms. The van der Waals surface area contributed by atoms with E-state index in [0.717, 1.165) is 30.8 Å². The van der Waals surface area contributed by atoms with Crippen molar-refractivity contribution in [1.82, 2.24) is 5.32 Å². The summed E-state index contributed by atoms with van der Waals surface area (Å²) in [6.45, 7) is 6.13. The highest BCUT2D eigenvalue weighted by Crippen LogP contribution is 2.18. The van der Waals surface area contributed by atoms with Gasteiger partial charge in [0.2, 0.25) is 0 Å². The van der Waals surface area contributed by atoms with Gasteiger partial charge in [-0.15, -0.1) is 0 Å². The first-order chi connectivity index (χ1) is 9.07. The maximum atomic E-state index is 8.97. The van der Waals surface area contributed by atoms with Gasteiger partial charge < -0.3 is 15.2 Å². The predicted octanol–water partition coefficient (Wildman–Crippen LogP) is 2.09. The Balaban J connectivity index is 2.43. The second kappa shape index (κ2) is 7.78. The maximum absolute atomic E-state index is 8.97. The van der Waals surface area contributed by atoms with Gasteiger partial charge >= 0.3 is 0 Å². The van der Waals surface area contributed by atoms with E-state index in [1.54, 1.807) is 0 Å². The average Bonchev–Trinajstić information content (AvgIpc) is 2.36. The number of nitrogens with one attached hydrogen (secondary N) is 1. The van der Waals surface area contributed by atoms with Crippen molar-refractivity contribution in [1.29, 1.82) is 5.26 Å². The number of hydrogen-bond donors (Lipinski definition) is 2. The van der Waals surface area contributed by atoms with Gasteiger partial charge in [0.25, 0.3) is 0 Å². The molecule has 0 saturated carbocycles. The highest BCUT2D eigenvalue weighted by molar-refractivity contribution is 5.28. The molecule has 1 rings (SSSR count). The molecule has 1 aromatic carbocycles. The van der Waals surface area contributed by atoms with Gasteiger partial charge in [0.05, 0.1) is 0 Å². The summed E-state index contributed by atoms with van der Waals surface area (Å²) in [5.41, 5.74) is 1.21. The van der Waals surface area contributed by atoms with Crippen LogP contribution in [-0.4, -0.2) is 24.9 Å². The van der Waals surface area contributed by atoms with Crippen LogP contribution in [0.1, 0.15) is 25.8 Å². The Bertz CT molecular complexity index is 424. The highest BCUT2D eigenvalue weighted by Gasteiger charge is 2.16. The van der Waals surface area contributed by atoms with Gasteiger partial charge in [0, 0.05) is 19.7 Å². The van der Waals surface area contributed by atoms with Crippen molar-refractivity contribution in [2.45, 2.75) is 26.8 Å². The molecular weight excluding hydrogens is 240 g/mol. The zero-order valence-corrected chi connectivity index (χ0v) is 11.6. The lowest BCUT2D eigenvalue weighted by Gasteiger charge is -2.24. The number of aliphatic hydroxyl groups is 1. The van der Waals surface area contributed by atoms with Crippen LogP contribution in [0.4, 0.5) is 0 Å². The lowest BCUT2D eigenvalue weighted by Crippen LogP contribution is -2.29. The van der Waals surface area contributed by atoms with Crippen LogP contribution in [0, 0.1) is 16.7 Å². The Hall–Kier alpha value is -1.57. The molecule has 0 aliphatic heterocycles.